The van der Waals surface area contributed by atoms with Gasteiger partial charge in [0.1, 0.15) is 11.0 Å². The van der Waals surface area contributed by atoms with E-state index in [1.54, 1.807) is 11.3 Å². The van der Waals surface area contributed by atoms with Crippen molar-refractivity contribution >= 4 is 38.8 Å². The van der Waals surface area contributed by atoms with E-state index in [1.807, 2.05) is 44.2 Å². The highest BCUT2D eigenvalue weighted by Gasteiger charge is 2.32. The Morgan fingerprint density at radius 1 is 1.14 bits per heavy atom. The Morgan fingerprint density at radius 3 is 2.72 bits per heavy atom. The average Bonchev–Trinajstić information content (AvgIpc) is 3.14. The molecule has 1 unspecified atom stereocenters. The lowest BCUT2D eigenvalue weighted by molar-refractivity contribution is 0.0918. The average molecular weight is 425 g/mol. The molecule has 0 radical (unpaired) electrons. The van der Waals surface area contributed by atoms with Crippen LogP contribution in [-0.4, -0.2) is 21.0 Å². The van der Waals surface area contributed by atoms with E-state index in [0.717, 1.165) is 38.8 Å². The van der Waals surface area contributed by atoms with Crippen molar-refractivity contribution in [3.63, 3.8) is 0 Å². The number of amides is 1. The van der Waals surface area contributed by atoms with Gasteiger partial charge in [0.05, 0.1) is 20.0 Å². The zero-order valence-electron chi connectivity index (χ0n) is 16.1. The van der Waals surface area contributed by atoms with E-state index >= 15 is 0 Å². The molecule has 3 heterocycles. The lowest BCUT2D eigenvalue weighted by atomic mass is 10.0. The van der Waals surface area contributed by atoms with Crippen LogP contribution in [0.15, 0.2) is 40.9 Å². The number of carbonyl (C=O) groups is 1. The van der Waals surface area contributed by atoms with E-state index in [2.05, 4.69) is 26.5 Å². The first kappa shape index (κ1) is 18.4. The van der Waals surface area contributed by atoms with Gasteiger partial charge in [0.25, 0.3) is 5.91 Å². The number of nitrogens with zero attached hydrogens (tertiary/aromatic N) is 3. The zero-order valence-corrected chi connectivity index (χ0v) is 17.7. The molecule has 1 fully saturated rings. The Kier molecular flexibility index (Phi) is 4.67. The first-order chi connectivity index (χ1) is 14.1. The first-order valence-electron chi connectivity index (χ1n) is 9.68. The number of aromatic nitrogens is 3. The van der Waals surface area contributed by atoms with Crippen molar-refractivity contribution in [2.75, 3.05) is 0 Å². The number of rotatable bonds is 6. The molecule has 6 nitrogen and oxygen atoms in total. The van der Waals surface area contributed by atoms with Crippen LogP contribution >= 0.6 is 22.7 Å². The van der Waals surface area contributed by atoms with Crippen LogP contribution in [0.5, 0.6) is 0 Å². The molecule has 3 aromatic heterocycles. The number of para-hydroxylation sites is 1. The van der Waals surface area contributed by atoms with Gasteiger partial charge in [0.15, 0.2) is 5.82 Å². The van der Waals surface area contributed by atoms with Gasteiger partial charge in [-0.05, 0) is 43.0 Å². The fraction of sp³-hybridized carbons (Fsp3) is 0.333. The van der Waals surface area contributed by atoms with Crippen molar-refractivity contribution in [1.29, 1.82) is 0 Å². The lowest BCUT2D eigenvalue weighted by Crippen LogP contribution is -2.31. The van der Waals surface area contributed by atoms with Gasteiger partial charge in [-0.2, -0.15) is 4.98 Å². The zero-order chi connectivity index (χ0) is 20.0. The molecule has 0 bridgehead atoms. The maximum Gasteiger partial charge on any atom is 0.262 e. The van der Waals surface area contributed by atoms with Gasteiger partial charge in [-0.3, -0.25) is 4.79 Å². The molecule has 0 spiro atoms. The molecular weight excluding hydrogens is 404 g/mol. The van der Waals surface area contributed by atoms with E-state index in [0.29, 0.717) is 16.7 Å². The summed E-state index contributed by atoms with van der Waals surface area (Å²) in [6, 6.07) is 11.6. The minimum Gasteiger partial charge on any atom is -0.339 e. The van der Waals surface area contributed by atoms with Crippen LogP contribution in [0.4, 0.5) is 0 Å². The predicted molar refractivity (Wildman–Crippen MR) is 114 cm³/mol. The van der Waals surface area contributed by atoms with Crippen LogP contribution in [0.2, 0.25) is 0 Å². The molecule has 1 N–H and O–H groups in total. The molecule has 1 atom stereocenters. The smallest absolute Gasteiger partial charge is 0.262 e. The molecule has 1 aliphatic rings. The second-order valence-electron chi connectivity index (χ2n) is 7.61. The quantitative estimate of drug-likeness (QED) is 0.447. The number of hydrogen-bond donors (Lipinski definition) is 1. The third kappa shape index (κ3) is 3.70. The van der Waals surface area contributed by atoms with E-state index in [9.17, 15) is 4.79 Å². The van der Waals surface area contributed by atoms with E-state index in [4.69, 9.17) is 4.52 Å². The Balaban J connectivity index is 1.35. The van der Waals surface area contributed by atoms with Crippen LogP contribution in [-0.2, 0) is 0 Å². The third-order valence-electron chi connectivity index (χ3n) is 4.95. The van der Waals surface area contributed by atoms with E-state index in [1.165, 1.54) is 11.3 Å². The summed E-state index contributed by atoms with van der Waals surface area (Å²) in [4.78, 5) is 23.7. The fourth-order valence-electron chi connectivity index (χ4n) is 3.16. The summed E-state index contributed by atoms with van der Waals surface area (Å²) in [6.45, 7) is 4.07. The highest BCUT2D eigenvalue weighted by atomic mass is 32.1. The predicted octanol–water partition coefficient (Wildman–Crippen LogP) is 5.41. The van der Waals surface area contributed by atoms with E-state index < -0.39 is 0 Å². The van der Waals surface area contributed by atoms with E-state index in [-0.39, 0.29) is 17.9 Å². The van der Waals surface area contributed by atoms with Gasteiger partial charge < -0.3 is 9.84 Å². The topological polar surface area (TPSA) is 80.9 Å². The largest absolute Gasteiger partial charge is 0.339 e. The van der Waals surface area contributed by atoms with Crippen molar-refractivity contribution in [2.45, 2.75) is 38.6 Å². The third-order valence-corrected chi connectivity index (χ3v) is 7.24. The molecule has 0 aliphatic heterocycles. The standard InChI is InChI=1S/C21H20N4O2S2/c1-11(2)17(20-24-18(25-27-20)12-7-8-12)23-19(26)15-9-10-16(28-15)21-22-13-5-3-4-6-14(13)29-21/h3-6,9-12,17H,7-8H2,1-2H3,(H,23,26). The molecule has 1 saturated carbocycles. The molecule has 29 heavy (non-hydrogen) atoms. The number of fused-ring (bicyclic) bond motifs is 1. The number of benzene rings is 1. The monoisotopic (exact) mass is 424 g/mol. The molecule has 8 heteroatoms. The van der Waals surface area contributed by atoms with Gasteiger partial charge in [-0.15, -0.1) is 22.7 Å². The van der Waals surface area contributed by atoms with Crippen molar-refractivity contribution in [3.05, 3.63) is 53.0 Å². The lowest BCUT2D eigenvalue weighted by Gasteiger charge is -2.17. The van der Waals surface area contributed by atoms with Crippen LogP contribution in [0, 0.1) is 5.92 Å². The fourth-order valence-corrected chi connectivity index (χ4v) is 5.09. The molecule has 0 saturated heterocycles. The minimum absolute atomic E-state index is 0.132. The summed E-state index contributed by atoms with van der Waals surface area (Å²) in [5.41, 5.74) is 0.981. The second kappa shape index (κ2) is 7.35. The van der Waals surface area contributed by atoms with Gasteiger partial charge in [-0.1, -0.05) is 31.1 Å². The summed E-state index contributed by atoms with van der Waals surface area (Å²) >= 11 is 3.08. The number of thiophene rings is 1. The van der Waals surface area contributed by atoms with Gasteiger partial charge in [0.2, 0.25) is 5.89 Å². The highest BCUT2D eigenvalue weighted by molar-refractivity contribution is 7.26. The summed E-state index contributed by atoms with van der Waals surface area (Å²) < 4.78 is 6.60. The maximum absolute atomic E-state index is 12.9. The Hall–Kier alpha value is -2.58. The summed E-state index contributed by atoms with van der Waals surface area (Å²) in [5, 5.41) is 8.09. The molecule has 5 rings (SSSR count). The van der Waals surface area contributed by atoms with Crippen molar-refractivity contribution in [3.8, 4) is 9.88 Å². The van der Waals surface area contributed by atoms with Gasteiger partial charge in [-0.25, -0.2) is 4.98 Å². The first-order valence-corrected chi connectivity index (χ1v) is 11.3. The molecule has 1 amide bonds. The minimum atomic E-state index is -0.310. The molecule has 148 valence electrons. The number of carbonyl (C=O) groups excluding carboxylic acids is 1. The highest BCUT2D eigenvalue weighted by Crippen LogP contribution is 2.39. The Labute approximate surface area is 176 Å². The molecular formula is C21H20N4O2S2. The van der Waals surface area contributed by atoms with Crippen LogP contribution < -0.4 is 5.32 Å². The summed E-state index contributed by atoms with van der Waals surface area (Å²) in [7, 11) is 0. The van der Waals surface area contributed by atoms with Crippen LogP contribution in [0.3, 0.4) is 0 Å². The van der Waals surface area contributed by atoms with Crippen molar-refractivity contribution < 1.29 is 9.32 Å². The van der Waals surface area contributed by atoms with Crippen LogP contribution in [0.25, 0.3) is 20.1 Å². The van der Waals surface area contributed by atoms with Crippen molar-refractivity contribution in [2.24, 2.45) is 5.92 Å². The van der Waals surface area contributed by atoms with Crippen molar-refractivity contribution in [1.82, 2.24) is 20.4 Å². The van der Waals surface area contributed by atoms with Gasteiger partial charge >= 0.3 is 0 Å². The molecule has 4 aromatic rings. The number of nitrogens with one attached hydrogen (secondary N) is 1. The summed E-state index contributed by atoms with van der Waals surface area (Å²) in [6.07, 6.45) is 2.23. The van der Waals surface area contributed by atoms with Crippen LogP contribution in [0.1, 0.15) is 60.0 Å². The number of thiazole rings is 1. The molecule has 1 aliphatic carbocycles. The Bertz CT molecular complexity index is 1140. The SMILES string of the molecule is CC(C)C(NC(=O)c1ccc(-c2nc3ccccc3s2)s1)c1nc(C2CC2)no1. The molecule has 1 aromatic carbocycles. The summed E-state index contributed by atoms with van der Waals surface area (Å²) in [5.74, 6) is 1.67. The maximum atomic E-state index is 12.9. The van der Waals surface area contributed by atoms with Gasteiger partial charge in [0, 0.05) is 5.92 Å². The second-order valence-corrected chi connectivity index (χ2v) is 9.73. The normalized spacial score (nSPS) is 15.1. The Morgan fingerprint density at radius 2 is 1.97 bits per heavy atom. The number of hydrogen-bond acceptors (Lipinski definition) is 7.